The van der Waals surface area contributed by atoms with Crippen LogP contribution in [0.3, 0.4) is 0 Å². The Balaban J connectivity index is 1.78. The van der Waals surface area contributed by atoms with Gasteiger partial charge in [-0.05, 0) is 48.9 Å². The van der Waals surface area contributed by atoms with Crippen molar-refractivity contribution < 1.29 is 9.90 Å². The fourth-order valence-corrected chi connectivity index (χ4v) is 2.94. The van der Waals surface area contributed by atoms with E-state index in [1.807, 2.05) is 24.3 Å². The van der Waals surface area contributed by atoms with Gasteiger partial charge >= 0.3 is 0 Å². The molecule has 1 aliphatic carbocycles. The minimum Gasteiger partial charge on any atom is -0.396 e. The molecule has 0 aliphatic heterocycles. The maximum absolute atomic E-state index is 11.4. The molecule has 0 heterocycles. The Hall–Kier alpha value is -1.39. The lowest BCUT2D eigenvalue weighted by atomic mass is 9.97. The zero-order valence-electron chi connectivity index (χ0n) is 12.1. The number of aliphatic hydroxyl groups is 1. The van der Waals surface area contributed by atoms with Crippen molar-refractivity contribution in [2.45, 2.75) is 25.8 Å². The van der Waals surface area contributed by atoms with Crippen molar-refractivity contribution in [3.8, 4) is 0 Å². The van der Waals surface area contributed by atoms with Crippen LogP contribution in [0.25, 0.3) is 0 Å². The van der Waals surface area contributed by atoms with Crippen LogP contribution in [0.2, 0.25) is 0 Å². The van der Waals surface area contributed by atoms with Crippen LogP contribution in [0, 0.1) is 11.8 Å². The van der Waals surface area contributed by atoms with E-state index >= 15 is 0 Å². The van der Waals surface area contributed by atoms with Gasteiger partial charge < -0.3 is 15.7 Å². The average molecular weight is 276 g/mol. The number of aliphatic hydroxyl groups excluding tert-OH is 1. The van der Waals surface area contributed by atoms with Gasteiger partial charge in [0.15, 0.2) is 0 Å². The molecule has 1 aliphatic rings. The lowest BCUT2D eigenvalue weighted by molar-refractivity contribution is 0.0963. The lowest BCUT2D eigenvalue weighted by Gasteiger charge is -2.17. The summed E-state index contributed by atoms with van der Waals surface area (Å²) in [7, 11) is 1.64. The summed E-state index contributed by atoms with van der Waals surface area (Å²) in [6.07, 6.45) is 3.61. The molecule has 110 valence electrons. The van der Waals surface area contributed by atoms with Crippen LogP contribution in [-0.2, 0) is 6.54 Å². The van der Waals surface area contributed by atoms with Gasteiger partial charge in [0.2, 0.25) is 0 Å². The molecule has 4 heteroatoms. The quantitative estimate of drug-likeness (QED) is 0.738. The summed E-state index contributed by atoms with van der Waals surface area (Å²) in [5, 5.41) is 15.4. The third kappa shape index (κ3) is 3.81. The number of rotatable bonds is 6. The molecule has 3 N–H and O–H groups in total. The molecule has 0 radical (unpaired) electrons. The molecular weight excluding hydrogens is 252 g/mol. The highest BCUT2D eigenvalue weighted by Crippen LogP contribution is 2.30. The van der Waals surface area contributed by atoms with Gasteiger partial charge in [-0.2, -0.15) is 0 Å². The molecule has 1 saturated carbocycles. The number of hydrogen-bond donors (Lipinski definition) is 3. The third-order valence-corrected chi connectivity index (χ3v) is 4.23. The van der Waals surface area contributed by atoms with Gasteiger partial charge in [0, 0.05) is 25.8 Å². The second-order valence-corrected chi connectivity index (χ2v) is 5.54. The lowest BCUT2D eigenvalue weighted by Crippen LogP contribution is -2.26. The van der Waals surface area contributed by atoms with Crippen LogP contribution in [-0.4, -0.2) is 31.2 Å². The van der Waals surface area contributed by atoms with E-state index in [1.165, 1.54) is 18.4 Å². The molecule has 0 saturated heterocycles. The first-order chi connectivity index (χ1) is 9.74. The molecular formula is C16H24N2O2. The molecule has 1 aromatic carbocycles. The predicted molar refractivity (Wildman–Crippen MR) is 79.5 cm³/mol. The molecule has 1 fully saturated rings. The maximum atomic E-state index is 11.4. The van der Waals surface area contributed by atoms with Gasteiger partial charge in [0.05, 0.1) is 0 Å². The highest BCUT2D eigenvalue weighted by atomic mass is 16.3. The molecule has 1 aromatic rings. The molecule has 2 atom stereocenters. The van der Waals surface area contributed by atoms with E-state index in [1.54, 1.807) is 7.05 Å². The van der Waals surface area contributed by atoms with Crippen LogP contribution in [0.5, 0.6) is 0 Å². The van der Waals surface area contributed by atoms with Crippen molar-refractivity contribution in [2.24, 2.45) is 11.8 Å². The Labute approximate surface area is 120 Å². The van der Waals surface area contributed by atoms with Gasteiger partial charge in [-0.15, -0.1) is 0 Å². The van der Waals surface area contributed by atoms with Crippen LogP contribution in [0.4, 0.5) is 0 Å². The molecule has 0 spiro atoms. The van der Waals surface area contributed by atoms with Crippen molar-refractivity contribution in [2.75, 3.05) is 20.2 Å². The van der Waals surface area contributed by atoms with Crippen LogP contribution in [0.1, 0.15) is 35.2 Å². The Morgan fingerprint density at radius 3 is 2.60 bits per heavy atom. The predicted octanol–water partition coefficient (Wildman–Crippen LogP) is 1.54. The standard InChI is InChI=1S/C16H24N2O2/c1-17-16(20)13-7-5-12(6-8-13)9-18-10-14-3-2-4-15(14)11-19/h5-8,14-15,18-19H,2-4,9-11H2,1H3,(H,17,20). The molecule has 2 rings (SSSR count). The SMILES string of the molecule is CNC(=O)c1ccc(CNCC2CCCC2CO)cc1. The van der Waals surface area contributed by atoms with Crippen molar-refractivity contribution >= 4 is 5.91 Å². The van der Waals surface area contributed by atoms with Crippen molar-refractivity contribution in [3.05, 3.63) is 35.4 Å². The molecule has 1 amide bonds. The number of hydrogen-bond acceptors (Lipinski definition) is 3. The van der Waals surface area contributed by atoms with Gasteiger partial charge in [-0.3, -0.25) is 4.79 Å². The fourth-order valence-electron chi connectivity index (χ4n) is 2.94. The van der Waals surface area contributed by atoms with Crippen molar-refractivity contribution in [1.82, 2.24) is 10.6 Å². The summed E-state index contributed by atoms with van der Waals surface area (Å²) in [6.45, 7) is 2.08. The first-order valence-electron chi connectivity index (χ1n) is 7.37. The second-order valence-electron chi connectivity index (χ2n) is 5.54. The van der Waals surface area contributed by atoms with Crippen LogP contribution in [0.15, 0.2) is 24.3 Å². The highest BCUT2D eigenvalue weighted by molar-refractivity contribution is 5.93. The molecule has 0 bridgehead atoms. The summed E-state index contributed by atoms with van der Waals surface area (Å²) in [6, 6.07) is 7.66. The second kappa shape index (κ2) is 7.41. The zero-order valence-corrected chi connectivity index (χ0v) is 12.1. The Morgan fingerprint density at radius 1 is 1.25 bits per heavy atom. The highest BCUT2D eigenvalue weighted by Gasteiger charge is 2.25. The van der Waals surface area contributed by atoms with Gasteiger partial charge in [0.1, 0.15) is 0 Å². The first kappa shape index (κ1) is 15.0. The summed E-state index contributed by atoms with van der Waals surface area (Å²) in [5.41, 5.74) is 1.86. The monoisotopic (exact) mass is 276 g/mol. The Morgan fingerprint density at radius 2 is 1.95 bits per heavy atom. The van der Waals surface area contributed by atoms with E-state index in [9.17, 15) is 9.90 Å². The normalized spacial score (nSPS) is 21.9. The third-order valence-electron chi connectivity index (χ3n) is 4.23. The topological polar surface area (TPSA) is 61.4 Å². The number of carbonyl (C=O) groups excluding carboxylic acids is 1. The van der Waals surface area contributed by atoms with Crippen LogP contribution >= 0.6 is 0 Å². The number of carbonyl (C=O) groups is 1. The van der Waals surface area contributed by atoms with Crippen molar-refractivity contribution in [1.29, 1.82) is 0 Å². The summed E-state index contributed by atoms with van der Waals surface area (Å²) >= 11 is 0. The number of amides is 1. The molecule has 0 aromatic heterocycles. The Kier molecular flexibility index (Phi) is 5.56. The smallest absolute Gasteiger partial charge is 0.251 e. The largest absolute Gasteiger partial charge is 0.396 e. The van der Waals surface area contributed by atoms with E-state index < -0.39 is 0 Å². The fraction of sp³-hybridized carbons (Fsp3) is 0.562. The molecule has 2 unspecified atom stereocenters. The number of benzene rings is 1. The minimum absolute atomic E-state index is 0.0544. The van der Waals surface area contributed by atoms with Crippen molar-refractivity contribution in [3.63, 3.8) is 0 Å². The van der Waals surface area contributed by atoms with Gasteiger partial charge in [0.25, 0.3) is 5.91 Å². The summed E-state index contributed by atoms with van der Waals surface area (Å²) in [4.78, 5) is 11.4. The van der Waals surface area contributed by atoms with E-state index in [0.29, 0.717) is 24.0 Å². The molecule has 20 heavy (non-hydrogen) atoms. The summed E-state index contributed by atoms with van der Waals surface area (Å²) in [5.74, 6) is 1.02. The van der Waals surface area contributed by atoms with E-state index in [0.717, 1.165) is 19.5 Å². The average Bonchev–Trinajstić information content (AvgIpc) is 2.94. The van der Waals surface area contributed by atoms with Crippen LogP contribution < -0.4 is 10.6 Å². The van der Waals surface area contributed by atoms with E-state index in [2.05, 4.69) is 10.6 Å². The molecule has 4 nitrogen and oxygen atoms in total. The van der Waals surface area contributed by atoms with E-state index in [4.69, 9.17) is 0 Å². The van der Waals surface area contributed by atoms with Gasteiger partial charge in [-0.25, -0.2) is 0 Å². The number of nitrogens with one attached hydrogen (secondary N) is 2. The minimum atomic E-state index is -0.0544. The zero-order chi connectivity index (χ0) is 14.4. The van der Waals surface area contributed by atoms with E-state index in [-0.39, 0.29) is 5.91 Å². The van der Waals surface area contributed by atoms with Gasteiger partial charge in [-0.1, -0.05) is 18.6 Å². The summed E-state index contributed by atoms with van der Waals surface area (Å²) < 4.78 is 0. The first-order valence-corrected chi connectivity index (χ1v) is 7.37. The Bertz CT molecular complexity index is 431. The maximum Gasteiger partial charge on any atom is 0.251 e.